The van der Waals surface area contributed by atoms with Gasteiger partial charge in [-0.05, 0) is 6.08 Å². The zero-order valence-corrected chi connectivity index (χ0v) is 4.63. The maximum atomic E-state index is 10.3. The second-order valence-electron chi connectivity index (χ2n) is 1.12. The molecule has 0 saturated heterocycles. The molecule has 0 saturated carbocycles. The fourth-order valence-electron chi connectivity index (χ4n) is 0.325. The number of hydrogen-bond donors (Lipinski definition) is 0. The van der Waals surface area contributed by atoms with Gasteiger partial charge in [0.2, 0.25) is 0 Å². The lowest BCUT2D eigenvalue weighted by Crippen LogP contribution is -1.65. The van der Waals surface area contributed by atoms with Gasteiger partial charge >= 0.3 is 0 Å². The predicted octanol–water partition coefficient (Wildman–Crippen LogP) is 1.52. The Kier molecular flexibility index (Phi) is 1.32. The molecule has 1 atom stereocenters. The molecule has 1 heterocycles. The summed E-state index contributed by atoms with van der Waals surface area (Å²) in [5, 5.41) is 0. The summed E-state index contributed by atoms with van der Waals surface area (Å²) in [5.74, 6) is 1.55. The Bertz CT molecular complexity index is 137. The molecule has 1 rings (SSSR count). The van der Waals surface area contributed by atoms with E-state index < -0.39 is 8.03 Å². The van der Waals surface area contributed by atoms with Crippen LogP contribution in [0.5, 0.6) is 0 Å². The van der Waals surface area contributed by atoms with E-state index in [1.165, 1.54) is 6.26 Å². The number of allylic oxidation sites excluding steroid dienone is 2. The zero-order valence-electron chi connectivity index (χ0n) is 3.63. The molecule has 0 amide bonds. The van der Waals surface area contributed by atoms with E-state index in [0.29, 0.717) is 0 Å². The van der Waals surface area contributed by atoms with Crippen LogP contribution in [0.3, 0.4) is 0 Å². The molecule has 1 unspecified atom stereocenters. The normalized spacial score (nSPS) is 27.1. The Hall–Kier alpha value is -0.490. The molecule has 0 bridgehead atoms. The summed E-state index contributed by atoms with van der Waals surface area (Å²) in [7, 11) is -1.81. The van der Waals surface area contributed by atoms with Gasteiger partial charge in [0.25, 0.3) is 8.03 Å². The molecule has 3 heteroatoms. The Labute approximate surface area is 42.4 Å². The highest BCUT2D eigenvalue weighted by molar-refractivity contribution is 7.43. The summed E-state index contributed by atoms with van der Waals surface area (Å²) >= 11 is 0. The van der Waals surface area contributed by atoms with Crippen LogP contribution < -0.4 is 0 Å². The monoisotopic (exact) mass is 116 g/mol. The molecular formula is C4H5O2P. The van der Waals surface area contributed by atoms with Crippen LogP contribution in [0, 0.1) is 0 Å². The fourth-order valence-corrected chi connectivity index (χ4v) is 0.885. The van der Waals surface area contributed by atoms with Crippen LogP contribution in [0.2, 0.25) is 0 Å². The van der Waals surface area contributed by atoms with Crippen molar-refractivity contribution in [3.05, 3.63) is 24.2 Å². The third-order valence-electron chi connectivity index (χ3n) is 0.606. The highest BCUT2D eigenvalue weighted by Crippen LogP contribution is 2.26. The van der Waals surface area contributed by atoms with E-state index in [2.05, 4.69) is 4.52 Å². The van der Waals surface area contributed by atoms with Gasteiger partial charge in [-0.1, -0.05) is 6.08 Å². The molecule has 0 spiro atoms. The molecular weight excluding hydrogens is 111 g/mol. The standard InChI is InChI=1S/C4H5O2P/c5-7-4-2-1-3-6-7/h1-4,7H. The van der Waals surface area contributed by atoms with Crippen LogP contribution in [0.15, 0.2) is 24.2 Å². The highest BCUT2D eigenvalue weighted by Gasteiger charge is 1.89. The van der Waals surface area contributed by atoms with E-state index in [1.807, 2.05) is 0 Å². The van der Waals surface area contributed by atoms with Crippen LogP contribution in [-0.4, -0.2) is 0 Å². The first-order valence-corrected chi connectivity index (χ1v) is 3.33. The average molecular weight is 116 g/mol. The van der Waals surface area contributed by atoms with Crippen molar-refractivity contribution in [3.8, 4) is 0 Å². The molecule has 0 fully saturated rings. The minimum Gasteiger partial charge on any atom is -0.450 e. The minimum absolute atomic E-state index is 1.43. The van der Waals surface area contributed by atoms with Crippen molar-refractivity contribution in [1.29, 1.82) is 0 Å². The first-order valence-electron chi connectivity index (χ1n) is 1.93. The topological polar surface area (TPSA) is 26.3 Å². The molecule has 7 heavy (non-hydrogen) atoms. The summed E-state index contributed by atoms with van der Waals surface area (Å²) in [5.41, 5.74) is 0. The zero-order chi connectivity index (χ0) is 5.11. The van der Waals surface area contributed by atoms with Gasteiger partial charge in [0.05, 0.1) is 6.26 Å². The van der Waals surface area contributed by atoms with Crippen molar-refractivity contribution in [2.75, 3.05) is 0 Å². The summed E-state index contributed by atoms with van der Waals surface area (Å²) < 4.78 is 14.8. The maximum absolute atomic E-state index is 10.3. The van der Waals surface area contributed by atoms with Crippen molar-refractivity contribution in [1.82, 2.24) is 0 Å². The fraction of sp³-hybridized carbons (Fsp3) is 0. The van der Waals surface area contributed by atoms with Gasteiger partial charge in [0.15, 0.2) is 0 Å². The first kappa shape index (κ1) is 4.66. The van der Waals surface area contributed by atoms with Crippen molar-refractivity contribution in [2.24, 2.45) is 0 Å². The van der Waals surface area contributed by atoms with Crippen molar-refractivity contribution in [3.63, 3.8) is 0 Å². The number of rotatable bonds is 0. The lowest BCUT2D eigenvalue weighted by Gasteiger charge is -1.95. The lowest BCUT2D eigenvalue weighted by molar-refractivity contribution is 0.470. The Morgan fingerprint density at radius 1 is 1.43 bits per heavy atom. The van der Waals surface area contributed by atoms with Crippen molar-refractivity contribution >= 4 is 8.03 Å². The molecule has 0 aromatic heterocycles. The predicted molar refractivity (Wildman–Crippen MR) is 28.4 cm³/mol. The molecule has 1 aliphatic rings. The molecule has 0 aromatic rings. The van der Waals surface area contributed by atoms with Crippen LogP contribution >= 0.6 is 8.03 Å². The SMILES string of the molecule is O=[PH]1C=CC=CO1. The molecule has 2 nitrogen and oxygen atoms in total. The van der Waals surface area contributed by atoms with E-state index in [-0.39, 0.29) is 0 Å². The highest BCUT2D eigenvalue weighted by atomic mass is 31.1. The van der Waals surface area contributed by atoms with Crippen LogP contribution in [0.25, 0.3) is 0 Å². The Balaban J connectivity index is 2.66. The van der Waals surface area contributed by atoms with E-state index >= 15 is 0 Å². The summed E-state index contributed by atoms with van der Waals surface area (Å²) in [6, 6.07) is 0. The molecule has 0 aliphatic carbocycles. The van der Waals surface area contributed by atoms with Gasteiger partial charge in [0, 0.05) is 5.82 Å². The molecule has 0 aromatic carbocycles. The van der Waals surface area contributed by atoms with Crippen molar-refractivity contribution in [2.45, 2.75) is 0 Å². The maximum Gasteiger partial charge on any atom is 0.258 e. The summed E-state index contributed by atoms with van der Waals surface area (Å²) in [6.45, 7) is 0. The second kappa shape index (κ2) is 1.99. The third kappa shape index (κ3) is 1.20. The summed E-state index contributed by atoms with van der Waals surface area (Å²) in [6.07, 6.45) is 4.85. The minimum atomic E-state index is -1.81. The average Bonchev–Trinajstić information content (AvgIpc) is 1.69. The van der Waals surface area contributed by atoms with Gasteiger partial charge in [-0.25, -0.2) is 0 Å². The third-order valence-corrected chi connectivity index (χ3v) is 1.44. The molecule has 38 valence electrons. The van der Waals surface area contributed by atoms with Crippen LogP contribution in [0.1, 0.15) is 0 Å². The lowest BCUT2D eigenvalue weighted by atomic mass is 10.6. The van der Waals surface area contributed by atoms with Gasteiger partial charge in [0.1, 0.15) is 0 Å². The van der Waals surface area contributed by atoms with Crippen LogP contribution in [0.4, 0.5) is 0 Å². The Morgan fingerprint density at radius 3 is 2.57 bits per heavy atom. The van der Waals surface area contributed by atoms with Gasteiger partial charge in [-0.2, -0.15) is 0 Å². The van der Waals surface area contributed by atoms with E-state index in [1.54, 1.807) is 18.0 Å². The number of hydrogen-bond acceptors (Lipinski definition) is 2. The molecule has 1 aliphatic heterocycles. The van der Waals surface area contributed by atoms with Gasteiger partial charge < -0.3 is 4.52 Å². The van der Waals surface area contributed by atoms with E-state index in [0.717, 1.165) is 0 Å². The largest absolute Gasteiger partial charge is 0.450 e. The smallest absolute Gasteiger partial charge is 0.258 e. The van der Waals surface area contributed by atoms with Crippen molar-refractivity contribution < 1.29 is 9.09 Å². The van der Waals surface area contributed by atoms with E-state index in [9.17, 15) is 4.57 Å². The molecule has 0 N–H and O–H groups in total. The van der Waals surface area contributed by atoms with Gasteiger partial charge in [-0.3, -0.25) is 4.57 Å². The van der Waals surface area contributed by atoms with Crippen LogP contribution in [-0.2, 0) is 9.09 Å². The Morgan fingerprint density at radius 2 is 2.29 bits per heavy atom. The summed E-state index contributed by atoms with van der Waals surface area (Å²) in [4.78, 5) is 0. The second-order valence-corrected chi connectivity index (χ2v) is 2.33. The van der Waals surface area contributed by atoms with Gasteiger partial charge in [-0.15, -0.1) is 0 Å². The quantitative estimate of drug-likeness (QED) is 0.448. The molecule has 0 radical (unpaired) electrons. The first-order chi connectivity index (χ1) is 3.39. The van der Waals surface area contributed by atoms with E-state index in [4.69, 9.17) is 0 Å².